The minimum absolute atomic E-state index is 0. The average Bonchev–Trinajstić information content (AvgIpc) is 2.67. The first-order valence-electron chi connectivity index (χ1n) is 6.06. The van der Waals surface area contributed by atoms with Crippen LogP contribution in [0.2, 0.25) is 0 Å². The summed E-state index contributed by atoms with van der Waals surface area (Å²) < 4.78 is 28.1. The fourth-order valence-corrected chi connectivity index (χ4v) is 2.02. The van der Waals surface area contributed by atoms with Gasteiger partial charge >= 0.3 is 5.92 Å². The van der Waals surface area contributed by atoms with Crippen LogP contribution in [-0.4, -0.2) is 37.0 Å². The zero-order chi connectivity index (χ0) is 13.0. The molecule has 0 bridgehead atoms. The highest BCUT2D eigenvalue weighted by atomic mass is 35.5. The van der Waals surface area contributed by atoms with Gasteiger partial charge in [-0.2, -0.15) is 8.78 Å². The lowest BCUT2D eigenvalue weighted by Gasteiger charge is -2.25. The van der Waals surface area contributed by atoms with E-state index in [9.17, 15) is 13.6 Å². The molecule has 1 aliphatic heterocycles. The molecule has 0 unspecified atom stereocenters. The van der Waals surface area contributed by atoms with E-state index in [2.05, 4.69) is 5.32 Å². The molecule has 1 amide bonds. The summed E-state index contributed by atoms with van der Waals surface area (Å²) >= 11 is 0. The summed E-state index contributed by atoms with van der Waals surface area (Å²) in [6.45, 7) is 2.05. The summed E-state index contributed by atoms with van der Waals surface area (Å²) in [7, 11) is 0. The van der Waals surface area contributed by atoms with Crippen molar-refractivity contribution in [2.24, 2.45) is 0 Å². The molecule has 1 saturated heterocycles. The second-order valence-electron chi connectivity index (χ2n) is 4.34. The van der Waals surface area contributed by atoms with E-state index in [4.69, 9.17) is 0 Å². The Morgan fingerprint density at radius 3 is 2.53 bits per heavy atom. The Morgan fingerprint density at radius 1 is 1.16 bits per heavy atom. The second-order valence-corrected chi connectivity index (χ2v) is 4.34. The van der Waals surface area contributed by atoms with E-state index in [0.717, 1.165) is 6.54 Å². The standard InChI is InChI=1S/C13H16F2N2O.ClH/c14-13(15,11-5-2-1-3-6-11)12(18)17-9-4-7-16-8-10-17;/h1-3,5-6,16H,4,7-10H2;1H. The van der Waals surface area contributed by atoms with Gasteiger partial charge in [0.1, 0.15) is 0 Å². The molecule has 0 atom stereocenters. The van der Waals surface area contributed by atoms with Gasteiger partial charge in [0.05, 0.1) is 0 Å². The minimum Gasteiger partial charge on any atom is -0.336 e. The van der Waals surface area contributed by atoms with Gasteiger partial charge in [0.15, 0.2) is 0 Å². The Morgan fingerprint density at radius 2 is 1.84 bits per heavy atom. The molecule has 0 spiro atoms. The molecule has 0 aliphatic carbocycles. The summed E-state index contributed by atoms with van der Waals surface area (Å²) in [5, 5.41) is 3.08. The highest BCUT2D eigenvalue weighted by Gasteiger charge is 2.43. The van der Waals surface area contributed by atoms with Gasteiger partial charge in [-0.1, -0.05) is 30.3 Å². The number of hydrogen-bond donors (Lipinski definition) is 1. The third-order valence-electron chi connectivity index (χ3n) is 3.03. The van der Waals surface area contributed by atoms with Crippen molar-refractivity contribution in [3.63, 3.8) is 0 Å². The van der Waals surface area contributed by atoms with E-state index < -0.39 is 11.8 Å². The first-order valence-corrected chi connectivity index (χ1v) is 6.06. The van der Waals surface area contributed by atoms with Gasteiger partial charge in [0.2, 0.25) is 0 Å². The van der Waals surface area contributed by atoms with Crippen LogP contribution < -0.4 is 5.32 Å². The summed E-state index contributed by atoms with van der Waals surface area (Å²) in [5.41, 5.74) is -0.243. The molecular weight excluding hydrogens is 274 g/mol. The maximum atomic E-state index is 14.1. The lowest BCUT2D eigenvalue weighted by atomic mass is 10.1. The first kappa shape index (κ1) is 15.9. The first-order chi connectivity index (χ1) is 8.62. The number of carbonyl (C=O) groups excluding carboxylic acids is 1. The Kier molecular flexibility index (Phi) is 5.69. The third kappa shape index (κ3) is 3.64. The second kappa shape index (κ2) is 6.82. The van der Waals surface area contributed by atoms with Crippen molar-refractivity contribution in [2.45, 2.75) is 12.3 Å². The van der Waals surface area contributed by atoms with Gasteiger partial charge in [-0.3, -0.25) is 4.79 Å². The van der Waals surface area contributed by atoms with E-state index >= 15 is 0 Å². The van der Waals surface area contributed by atoms with E-state index in [1.165, 1.54) is 29.2 Å². The van der Waals surface area contributed by atoms with E-state index in [-0.39, 0.29) is 18.0 Å². The molecule has 19 heavy (non-hydrogen) atoms. The monoisotopic (exact) mass is 290 g/mol. The van der Waals surface area contributed by atoms with Gasteiger partial charge in [0, 0.05) is 25.2 Å². The molecular formula is C13H17ClF2N2O. The third-order valence-corrected chi connectivity index (χ3v) is 3.03. The van der Waals surface area contributed by atoms with Gasteiger partial charge in [-0.25, -0.2) is 0 Å². The summed E-state index contributed by atoms with van der Waals surface area (Å²) in [5.74, 6) is -4.54. The predicted octanol–water partition coefficient (Wildman–Crippen LogP) is 2.02. The molecule has 2 rings (SSSR count). The van der Waals surface area contributed by atoms with Gasteiger partial charge in [0.25, 0.3) is 5.91 Å². The highest BCUT2D eigenvalue weighted by molar-refractivity contribution is 5.85. The van der Waals surface area contributed by atoms with E-state index in [1.54, 1.807) is 6.07 Å². The van der Waals surface area contributed by atoms with Crippen LogP contribution in [0.25, 0.3) is 0 Å². The molecule has 1 aromatic rings. The molecule has 1 heterocycles. The van der Waals surface area contributed by atoms with E-state index in [0.29, 0.717) is 26.1 Å². The number of rotatable bonds is 2. The van der Waals surface area contributed by atoms with Crippen LogP contribution in [0.1, 0.15) is 12.0 Å². The Hall–Kier alpha value is -1.20. The maximum absolute atomic E-state index is 14.1. The van der Waals surface area contributed by atoms with Crippen molar-refractivity contribution < 1.29 is 13.6 Å². The summed E-state index contributed by atoms with van der Waals surface area (Å²) in [4.78, 5) is 13.2. The van der Waals surface area contributed by atoms with Gasteiger partial charge < -0.3 is 10.2 Å². The van der Waals surface area contributed by atoms with E-state index in [1.807, 2.05) is 0 Å². The molecule has 106 valence electrons. The van der Waals surface area contributed by atoms with Crippen molar-refractivity contribution in [1.29, 1.82) is 0 Å². The summed E-state index contributed by atoms with van der Waals surface area (Å²) in [6.07, 6.45) is 0.705. The van der Waals surface area contributed by atoms with Crippen LogP contribution in [0.5, 0.6) is 0 Å². The minimum atomic E-state index is -3.44. The van der Waals surface area contributed by atoms with Crippen LogP contribution in [0.15, 0.2) is 30.3 Å². The van der Waals surface area contributed by atoms with Gasteiger partial charge in [-0.05, 0) is 13.0 Å². The fraction of sp³-hybridized carbons (Fsp3) is 0.462. The number of halogens is 3. The Labute approximate surface area is 117 Å². The highest BCUT2D eigenvalue weighted by Crippen LogP contribution is 2.30. The van der Waals surface area contributed by atoms with Crippen molar-refractivity contribution in [3.05, 3.63) is 35.9 Å². The van der Waals surface area contributed by atoms with Crippen LogP contribution in [0.4, 0.5) is 8.78 Å². The lowest BCUT2D eigenvalue weighted by molar-refractivity contribution is -0.158. The van der Waals surface area contributed by atoms with Gasteiger partial charge in [-0.15, -0.1) is 12.4 Å². The molecule has 3 nitrogen and oxygen atoms in total. The maximum Gasteiger partial charge on any atom is 0.349 e. The van der Waals surface area contributed by atoms with Crippen LogP contribution in [0, 0.1) is 0 Å². The smallest absolute Gasteiger partial charge is 0.336 e. The molecule has 1 aliphatic rings. The van der Waals surface area contributed by atoms with Crippen LogP contribution in [0.3, 0.4) is 0 Å². The molecule has 1 aromatic carbocycles. The predicted molar refractivity (Wildman–Crippen MR) is 71.7 cm³/mol. The molecule has 0 saturated carbocycles. The number of nitrogens with one attached hydrogen (secondary N) is 1. The SMILES string of the molecule is Cl.O=C(N1CCCNCC1)C(F)(F)c1ccccc1. The number of nitrogens with zero attached hydrogens (tertiary/aromatic N) is 1. The molecule has 1 N–H and O–H groups in total. The topological polar surface area (TPSA) is 32.3 Å². The Balaban J connectivity index is 0.00000180. The largest absolute Gasteiger partial charge is 0.349 e. The van der Waals surface area contributed by atoms with Crippen LogP contribution >= 0.6 is 12.4 Å². The quantitative estimate of drug-likeness (QED) is 0.904. The molecule has 0 aromatic heterocycles. The van der Waals surface area contributed by atoms with Crippen molar-refractivity contribution in [1.82, 2.24) is 10.2 Å². The molecule has 6 heteroatoms. The van der Waals surface area contributed by atoms with Crippen molar-refractivity contribution >= 4 is 18.3 Å². The van der Waals surface area contributed by atoms with Crippen molar-refractivity contribution in [2.75, 3.05) is 26.2 Å². The molecule has 1 fully saturated rings. The number of alkyl halides is 2. The Bertz CT molecular complexity index is 406. The molecule has 0 radical (unpaired) electrons. The lowest BCUT2D eigenvalue weighted by Crippen LogP contribution is -2.43. The number of benzene rings is 1. The van der Waals surface area contributed by atoms with Crippen LogP contribution in [-0.2, 0) is 10.7 Å². The zero-order valence-electron chi connectivity index (χ0n) is 10.4. The summed E-state index contributed by atoms with van der Waals surface area (Å²) in [6, 6.07) is 7.25. The zero-order valence-corrected chi connectivity index (χ0v) is 11.3. The number of carbonyl (C=O) groups is 1. The normalized spacial score (nSPS) is 16.4. The number of amides is 1. The number of hydrogen-bond acceptors (Lipinski definition) is 2. The average molecular weight is 291 g/mol. The van der Waals surface area contributed by atoms with Crippen molar-refractivity contribution in [3.8, 4) is 0 Å². The fourth-order valence-electron chi connectivity index (χ4n) is 2.02.